The van der Waals surface area contributed by atoms with E-state index < -0.39 is 0 Å². The molecule has 0 saturated carbocycles. The van der Waals surface area contributed by atoms with Crippen LogP contribution in [-0.4, -0.2) is 29.5 Å². The Hall–Kier alpha value is -1.83. The van der Waals surface area contributed by atoms with Gasteiger partial charge in [0.15, 0.2) is 0 Å². The lowest BCUT2D eigenvalue weighted by atomic mass is 9.98. The molecule has 0 N–H and O–H groups in total. The quantitative estimate of drug-likeness (QED) is 0.210. The van der Waals surface area contributed by atoms with Gasteiger partial charge in [0.2, 0.25) is 5.82 Å². The van der Waals surface area contributed by atoms with Crippen molar-refractivity contribution in [1.82, 2.24) is 29.5 Å². The number of rotatable bonds is 7. The van der Waals surface area contributed by atoms with E-state index in [1.165, 1.54) is 13.7 Å². The van der Waals surface area contributed by atoms with Crippen molar-refractivity contribution in [2.75, 3.05) is 0 Å². The van der Waals surface area contributed by atoms with Gasteiger partial charge in [-0.2, -0.15) is 4.57 Å². The molecule has 0 fully saturated rings. The maximum absolute atomic E-state index is 6.34. The highest BCUT2D eigenvalue weighted by Crippen LogP contribution is 2.33. The summed E-state index contributed by atoms with van der Waals surface area (Å²) in [6.45, 7) is 4.98. The molecule has 2 heterocycles. The molecule has 0 amide bonds. The van der Waals surface area contributed by atoms with E-state index in [2.05, 4.69) is 88.1 Å². The van der Waals surface area contributed by atoms with Gasteiger partial charge in [0.05, 0.1) is 5.69 Å². The van der Waals surface area contributed by atoms with Gasteiger partial charge in [-0.25, -0.2) is 4.98 Å². The van der Waals surface area contributed by atoms with Gasteiger partial charge in [0.1, 0.15) is 11.0 Å². The van der Waals surface area contributed by atoms with Crippen LogP contribution in [0.4, 0.5) is 0 Å². The molecule has 2 aromatic carbocycles. The number of nitrogens with zero attached hydrogens (tertiary/aromatic N) is 6. The Morgan fingerprint density at radius 1 is 1.10 bits per heavy atom. The molecule has 0 aliphatic rings. The van der Waals surface area contributed by atoms with Crippen LogP contribution in [0.15, 0.2) is 42.5 Å². The van der Waals surface area contributed by atoms with Gasteiger partial charge in [-0.3, -0.25) is 0 Å². The minimum absolute atomic E-state index is 0.598. The van der Waals surface area contributed by atoms with Crippen LogP contribution in [0, 0.1) is 10.5 Å². The molecule has 4 aromatic rings. The van der Waals surface area contributed by atoms with Gasteiger partial charge in [-0.05, 0) is 63.9 Å². The number of aromatic nitrogens is 6. The van der Waals surface area contributed by atoms with Crippen molar-refractivity contribution in [2.24, 2.45) is 0 Å². The third-order valence-corrected chi connectivity index (χ3v) is 6.73. The molecule has 4 rings (SSSR count). The first-order chi connectivity index (χ1) is 15.0. The van der Waals surface area contributed by atoms with Crippen LogP contribution in [0.3, 0.4) is 0 Å². The summed E-state index contributed by atoms with van der Waals surface area (Å²) >= 11 is 8.74. The first-order valence-corrected chi connectivity index (χ1v) is 12.1. The smallest absolute Gasteiger partial charge is 0.205 e. The van der Waals surface area contributed by atoms with E-state index in [4.69, 9.17) is 11.6 Å². The molecule has 0 radical (unpaired) electrons. The molecule has 1 atom stereocenters. The lowest BCUT2D eigenvalue weighted by Gasteiger charge is -2.13. The second-order valence-electron chi connectivity index (χ2n) is 7.39. The molecule has 160 valence electrons. The van der Waals surface area contributed by atoms with Gasteiger partial charge in [-0.1, -0.05) is 61.3 Å². The monoisotopic (exact) mass is 564 g/mol. The van der Waals surface area contributed by atoms with E-state index in [1.807, 2.05) is 25.1 Å². The van der Waals surface area contributed by atoms with Crippen LogP contribution < -0.4 is 0 Å². The third kappa shape index (κ3) is 4.83. The summed E-state index contributed by atoms with van der Waals surface area (Å²) < 4.78 is 4.80. The van der Waals surface area contributed by atoms with Crippen LogP contribution >= 0.6 is 43.6 Å². The number of hydrogen-bond donors (Lipinski definition) is 0. The number of halogens is 2. The second-order valence-corrected chi connectivity index (χ2v) is 9.37. The van der Waals surface area contributed by atoms with Crippen molar-refractivity contribution in [3.05, 3.63) is 68.3 Å². The van der Waals surface area contributed by atoms with Gasteiger partial charge in [-0.15, -0.1) is 10.2 Å². The van der Waals surface area contributed by atoms with Gasteiger partial charge in [0.25, 0.3) is 0 Å². The van der Waals surface area contributed by atoms with E-state index in [0.29, 0.717) is 11.0 Å². The number of unbranched alkanes of at least 4 members (excludes halogenated alkanes) is 1. The molecule has 0 spiro atoms. The van der Waals surface area contributed by atoms with Crippen molar-refractivity contribution in [3.63, 3.8) is 0 Å². The van der Waals surface area contributed by atoms with Gasteiger partial charge >= 0.3 is 0 Å². The Bertz CT molecular complexity index is 1220. The fraction of sp³-hybridized carbons (Fsp3) is 0.273. The predicted molar refractivity (Wildman–Crippen MR) is 136 cm³/mol. The summed E-state index contributed by atoms with van der Waals surface area (Å²) in [6.07, 6.45) is 3.18. The average molecular weight is 565 g/mol. The lowest BCUT2D eigenvalue weighted by Crippen LogP contribution is -2.07. The molecule has 31 heavy (non-hydrogen) atoms. The molecule has 0 aliphatic carbocycles. The highest BCUT2D eigenvalue weighted by atomic mass is 127. The molecule has 1 unspecified atom stereocenters. The maximum atomic E-state index is 6.34. The Morgan fingerprint density at radius 3 is 2.55 bits per heavy atom. The minimum Gasteiger partial charge on any atom is -0.326 e. The minimum atomic E-state index is 0.598. The van der Waals surface area contributed by atoms with Crippen LogP contribution in [-0.2, 0) is 13.0 Å². The van der Waals surface area contributed by atoms with Crippen molar-refractivity contribution >= 4 is 43.6 Å². The zero-order valence-electron chi connectivity index (χ0n) is 17.4. The van der Waals surface area contributed by atoms with Crippen molar-refractivity contribution in [3.8, 4) is 22.5 Å². The van der Waals surface area contributed by atoms with E-state index in [0.717, 1.165) is 54.0 Å². The molecule has 0 aliphatic heterocycles. The van der Waals surface area contributed by atoms with E-state index in [1.54, 1.807) is 0 Å². The van der Waals surface area contributed by atoms with Crippen LogP contribution in [0.25, 0.3) is 22.5 Å². The highest BCUT2D eigenvalue weighted by Gasteiger charge is 2.16. The fourth-order valence-corrected chi connectivity index (χ4v) is 4.83. The molecule has 2 aromatic heterocycles. The van der Waals surface area contributed by atoms with Gasteiger partial charge in [0, 0.05) is 31.5 Å². The Kier molecular flexibility index (Phi) is 7.04. The molecule has 6 nitrogen and oxygen atoms in total. The van der Waals surface area contributed by atoms with E-state index in [-0.39, 0.29) is 0 Å². The number of aryl methyl sites for hydroxylation is 1. The highest BCUT2D eigenvalue weighted by molar-refractivity contribution is 14.1. The average Bonchev–Trinajstić information content (AvgIpc) is 3.31. The fourth-order valence-electron chi connectivity index (χ4n) is 3.60. The summed E-state index contributed by atoms with van der Waals surface area (Å²) in [5, 5.41) is 13.1. The zero-order valence-corrected chi connectivity index (χ0v) is 21.5. The molecule has 9 heteroatoms. The molecule has 0 saturated heterocycles. The Labute approximate surface area is 202 Å². The summed E-state index contributed by atoms with van der Waals surface area (Å²) in [5.41, 5.74) is 5.42. The number of hydrogen-bond acceptors (Lipinski definition) is 4. The molecular formula is C22H23ClIN6P. The maximum Gasteiger partial charge on any atom is 0.205 e. The Morgan fingerprint density at radius 2 is 1.87 bits per heavy atom. The second kappa shape index (κ2) is 9.76. The van der Waals surface area contributed by atoms with Crippen molar-refractivity contribution < 1.29 is 0 Å². The third-order valence-electron chi connectivity index (χ3n) is 5.26. The lowest BCUT2D eigenvalue weighted by molar-refractivity contribution is 0.667. The van der Waals surface area contributed by atoms with Crippen molar-refractivity contribution in [2.45, 2.75) is 39.7 Å². The van der Waals surface area contributed by atoms with E-state index >= 15 is 0 Å². The standard InChI is InChI=1S/C22H23ClIN6P/c1-3-4-9-20-25-21(23)14(2)29(20)13-15-10-11-17(19(24)12-15)16-7-5-6-8-18(16)22-26-28-30(31)27-22/h5-8,10-12H,3-4,9,13,31H2,1-2H3. The normalized spacial score (nSPS) is 11.3. The first-order valence-electron chi connectivity index (χ1n) is 10.1. The predicted octanol–water partition coefficient (Wildman–Crippen LogP) is 5.80. The summed E-state index contributed by atoms with van der Waals surface area (Å²) in [5.74, 6) is 1.66. The summed E-state index contributed by atoms with van der Waals surface area (Å²) in [4.78, 5) is 4.58. The van der Waals surface area contributed by atoms with Crippen LogP contribution in [0.1, 0.15) is 36.8 Å². The summed E-state index contributed by atoms with van der Waals surface area (Å²) in [6, 6.07) is 14.7. The number of imidazole rings is 1. The number of tetrazole rings is 1. The van der Waals surface area contributed by atoms with Gasteiger partial charge < -0.3 is 4.57 Å². The topological polar surface area (TPSA) is 61.4 Å². The first kappa shape index (κ1) is 22.4. The molecular weight excluding hydrogens is 542 g/mol. The SMILES string of the molecule is CCCCc1nc(Cl)c(C)n1Cc1ccc(-c2ccccc2-c2nnn(P)n2)c(I)c1. The summed E-state index contributed by atoms with van der Waals surface area (Å²) in [7, 11) is 2.41. The Balaban J connectivity index is 1.67. The van der Waals surface area contributed by atoms with Crippen LogP contribution in [0.5, 0.6) is 0 Å². The van der Waals surface area contributed by atoms with E-state index in [9.17, 15) is 0 Å². The zero-order chi connectivity index (χ0) is 22.0. The largest absolute Gasteiger partial charge is 0.326 e. The van der Waals surface area contributed by atoms with Crippen molar-refractivity contribution in [1.29, 1.82) is 0 Å². The molecule has 0 bridgehead atoms. The number of benzene rings is 2. The van der Waals surface area contributed by atoms with Crippen LogP contribution in [0.2, 0.25) is 5.15 Å².